The van der Waals surface area contributed by atoms with E-state index in [1.165, 1.54) is 11.0 Å². The Morgan fingerprint density at radius 2 is 2.45 bits per heavy atom. The van der Waals surface area contributed by atoms with E-state index < -0.39 is 5.97 Å². The average Bonchev–Trinajstić information content (AvgIpc) is 2.13. The third-order valence-electron chi connectivity index (χ3n) is 0.800. The fourth-order valence-corrected chi connectivity index (χ4v) is 0.776. The first-order chi connectivity index (χ1) is 4.68. The summed E-state index contributed by atoms with van der Waals surface area (Å²) in [4.78, 5) is 13.6. The van der Waals surface area contributed by atoms with Gasteiger partial charge in [-0.1, -0.05) is 0 Å². The summed E-state index contributed by atoms with van der Waals surface area (Å²) in [5.74, 6) is -1.18. The first-order valence-corrected chi connectivity index (χ1v) is 3.22. The average molecular weight is 212 g/mol. The molecule has 1 aromatic heterocycles. The van der Waals surface area contributed by atoms with E-state index in [2.05, 4.69) is 26.0 Å². The first-order valence-electron chi connectivity index (χ1n) is 2.43. The van der Waals surface area contributed by atoms with E-state index in [0.29, 0.717) is 4.73 Å². The van der Waals surface area contributed by atoms with Gasteiger partial charge in [0.05, 0.1) is 12.5 Å². The molecular weight excluding hydrogens is 209 g/mol. The molecule has 1 aromatic rings. The van der Waals surface area contributed by atoms with Crippen LogP contribution in [0, 0.1) is 0 Å². The Labute approximate surface area is 83.1 Å². The zero-order valence-corrected chi connectivity index (χ0v) is 7.41. The number of carboxylic acid groups (broad SMARTS) is 1. The van der Waals surface area contributed by atoms with Gasteiger partial charge in [-0.15, -0.1) is 5.10 Å². The van der Waals surface area contributed by atoms with Crippen LogP contribution in [0.2, 0.25) is 0 Å². The van der Waals surface area contributed by atoms with Gasteiger partial charge in [0.15, 0.2) is 0 Å². The normalized spacial score (nSPS) is 8.82. The van der Waals surface area contributed by atoms with Gasteiger partial charge in [-0.2, -0.15) is 0 Å². The Morgan fingerprint density at radius 3 is 2.82 bits per heavy atom. The van der Waals surface area contributed by atoms with Gasteiger partial charge in [-0.3, -0.25) is 0 Å². The van der Waals surface area contributed by atoms with Gasteiger partial charge in [0.25, 0.3) is 0 Å². The molecule has 0 unspecified atom stereocenters. The van der Waals surface area contributed by atoms with Gasteiger partial charge >= 0.3 is 18.9 Å². The molecule has 0 saturated heterocycles. The molecule has 54 valence electrons. The quantitative estimate of drug-likeness (QED) is 0.466. The molecule has 11 heavy (non-hydrogen) atoms. The van der Waals surface area contributed by atoms with Crippen molar-refractivity contribution in [2.75, 3.05) is 0 Å². The number of aromatic nitrogens is 3. The van der Waals surface area contributed by atoms with Gasteiger partial charge in [0, 0.05) is 0 Å². The fourth-order valence-electron chi connectivity index (χ4n) is 0.480. The summed E-state index contributed by atoms with van der Waals surface area (Å²) in [5.41, 5.74) is 0. The van der Waals surface area contributed by atoms with Crippen LogP contribution in [-0.4, -0.2) is 20.7 Å². The number of rotatable bonds is 2. The number of halogens is 1. The zero-order chi connectivity index (χ0) is 7.56. The van der Waals surface area contributed by atoms with E-state index in [1.54, 1.807) is 0 Å². The van der Waals surface area contributed by atoms with Gasteiger partial charge in [-0.25, -0.2) is 9.67 Å². The second kappa shape index (κ2) is 4.54. The maximum Gasteiger partial charge on any atom is 1.00 e. The van der Waals surface area contributed by atoms with Crippen molar-refractivity contribution in [2.24, 2.45) is 0 Å². The molecule has 0 aliphatic rings. The second-order valence-electron chi connectivity index (χ2n) is 1.58. The summed E-state index contributed by atoms with van der Waals surface area (Å²) in [6.07, 6.45) is 1.31. The monoisotopic (exact) mass is 211 g/mol. The molecule has 0 radical (unpaired) electrons. The Balaban J connectivity index is 0.000001000. The van der Waals surface area contributed by atoms with Crippen LogP contribution in [0.15, 0.2) is 11.1 Å². The van der Waals surface area contributed by atoms with Crippen LogP contribution in [0.3, 0.4) is 0 Å². The molecule has 1 rings (SSSR count). The van der Waals surface area contributed by atoms with Crippen LogP contribution < -0.4 is 24.0 Å². The molecule has 0 atom stereocenters. The molecular formula is C4H3BrLiN3O2. The van der Waals surface area contributed by atoms with E-state index in [9.17, 15) is 9.90 Å². The number of carbonyl (C=O) groups is 1. The number of hydrogen-bond acceptors (Lipinski definition) is 4. The molecule has 0 aliphatic heterocycles. The van der Waals surface area contributed by atoms with Crippen molar-refractivity contribution >= 4 is 21.9 Å². The van der Waals surface area contributed by atoms with Crippen LogP contribution >= 0.6 is 15.9 Å². The van der Waals surface area contributed by atoms with Gasteiger partial charge in [0.2, 0.25) is 4.73 Å². The van der Waals surface area contributed by atoms with Gasteiger partial charge in [-0.05, 0) is 15.9 Å². The van der Waals surface area contributed by atoms with Crippen molar-refractivity contribution in [1.82, 2.24) is 14.8 Å². The molecule has 0 aliphatic carbocycles. The Hall–Kier alpha value is -0.313. The summed E-state index contributed by atoms with van der Waals surface area (Å²) in [6.45, 7) is -0.265. The van der Waals surface area contributed by atoms with Gasteiger partial charge < -0.3 is 9.90 Å². The maximum atomic E-state index is 9.96. The van der Waals surface area contributed by atoms with Gasteiger partial charge in [0.1, 0.15) is 6.33 Å². The summed E-state index contributed by atoms with van der Waals surface area (Å²) >= 11 is 2.97. The predicted molar refractivity (Wildman–Crippen MR) is 32.7 cm³/mol. The van der Waals surface area contributed by atoms with Crippen molar-refractivity contribution in [1.29, 1.82) is 0 Å². The van der Waals surface area contributed by atoms with E-state index in [0.717, 1.165) is 0 Å². The number of carboxylic acids is 1. The maximum absolute atomic E-state index is 9.96. The largest absolute Gasteiger partial charge is 1.00 e. The molecule has 0 saturated carbocycles. The topological polar surface area (TPSA) is 70.8 Å². The minimum Gasteiger partial charge on any atom is -0.548 e. The predicted octanol–water partition coefficient (Wildman–Crippen LogP) is -4.21. The van der Waals surface area contributed by atoms with E-state index in [1.807, 2.05) is 0 Å². The standard InChI is InChI=1S/C4H4BrN3O2.Li/c5-4-6-2-8(7-4)1-3(9)10;/h2H,1H2,(H,9,10);/q;+1/p-1. The van der Waals surface area contributed by atoms with Crippen molar-refractivity contribution in [3.63, 3.8) is 0 Å². The molecule has 0 aromatic carbocycles. The minimum absolute atomic E-state index is 0. The van der Waals surface area contributed by atoms with E-state index in [4.69, 9.17) is 0 Å². The molecule has 0 fully saturated rings. The van der Waals surface area contributed by atoms with Crippen LogP contribution in [0.1, 0.15) is 0 Å². The molecule has 0 N–H and O–H groups in total. The van der Waals surface area contributed by atoms with E-state index >= 15 is 0 Å². The summed E-state index contributed by atoms with van der Waals surface area (Å²) in [7, 11) is 0. The third kappa shape index (κ3) is 3.56. The summed E-state index contributed by atoms with van der Waals surface area (Å²) in [5, 5.41) is 13.6. The Kier molecular flexibility index (Phi) is 4.41. The minimum atomic E-state index is -1.18. The summed E-state index contributed by atoms with van der Waals surface area (Å²) < 4.78 is 1.54. The van der Waals surface area contributed by atoms with E-state index in [-0.39, 0.29) is 25.4 Å². The molecule has 5 nitrogen and oxygen atoms in total. The number of hydrogen-bond donors (Lipinski definition) is 0. The number of nitrogens with zero attached hydrogens (tertiary/aromatic N) is 3. The Morgan fingerprint density at radius 1 is 1.82 bits per heavy atom. The van der Waals surface area contributed by atoms with Crippen molar-refractivity contribution < 1.29 is 28.8 Å². The second-order valence-corrected chi connectivity index (χ2v) is 2.29. The molecule has 0 amide bonds. The zero-order valence-electron chi connectivity index (χ0n) is 5.82. The van der Waals surface area contributed by atoms with Crippen LogP contribution in [0.5, 0.6) is 0 Å². The van der Waals surface area contributed by atoms with Crippen molar-refractivity contribution in [3.05, 3.63) is 11.1 Å². The molecule has 7 heteroatoms. The third-order valence-corrected chi connectivity index (χ3v) is 1.16. The number of carbonyl (C=O) groups excluding carboxylic acids is 1. The van der Waals surface area contributed by atoms with Crippen molar-refractivity contribution in [3.8, 4) is 0 Å². The number of aliphatic carboxylic acids is 1. The van der Waals surface area contributed by atoms with Crippen LogP contribution in [0.25, 0.3) is 0 Å². The summed E-state index contributed by atoms with van der Waals surface area (Å²) in [6, 6.07) is 0. The van der Waals surface area contributed by atoms with Crippen molar-refractivity contribution in [2.45, 2.75) is 6.54 Å². The SMILES string of the molecule is O=C([O-])Cn1cnc(Br)n1.[Li+]. The smallest absolute Gasteiger partial charge is 0.548 e. The fraction of sp³-hybridized carbons (Fsp3) is 0.250. The molecule has 1 heterocycles. The molecule has 0 spiro atoms. The molecule has 0 bridgehead atoms. The van der Waals surface area contributed by atoms with Crippen LogP contribution in [-0.2, 0) is 11.3 Å². The Bertz CT molecular complexity index is 251. The van der Waals surface area contributed by atoms with Crippen LogP contribution in [0.4, 0.5) is 0 Å². The first kappa shape index (κ1) is 10.7.